The molecule has 0 amide bonds. The fourth-order valence-electron chi connectivity index (χ4n) is 3.55. The predicted molar refractivity (Wildman–Crippen MR) is 98.2 cm³/mol. The van der Waals surface area contributed by atoms with Crippen LogP contribution in [0, 0.1) is 5.21 Å². The first-order valence-corrected chi connectivity index (χ1v) is 9.35. The summed E-state index contributed by atoms with van der Waals surface area (Å²) in [7, 11) is 0. The number of aromatic nitrogens is 3. The lowest BCUT2D eigenvalue weighted by atomic mass is 10.1. The molecule has 2 atom stereocenters. The summed E-state index contributed by atoms with van der Waals surface area (Å²) in [5.74, 6) is 0.697. The minimum atomic E-state index is -0.0490. The van der Waals surface area contributed by atoms with Gasteiger partial charge in [0.15, 0.2) is 12.4 Å². The number of rotatable bonds is 5. The van der Waals surface area contributed by atoms with E-state index in [9.17, 15) is 5.21 Å². The molecule has 7 nitrogen and oxygen atoms in total. The van der Waals surface area contributed by atoms with Gasteiger partial charge in [-0.1, -0.05) is 6.07 Å². The Morgan fingerprint density at radius 1 is 1.22 bits per heavy atom. The number of epoxide rings is 1. The molecule has 3 aromatic rings. The van der Waals surface area contributed by atoms with Crippen molar-refractivity contribution >= 4 is 10.9 Å². The molecule has 0 N–H and O–H groups in total. The molecule has 4 heterocycles. The fourth-order valence-corrected chi connectivity index (χ4v) is 3.55. The van der Waals surface area contributed by atoms with E-state index in [-0.39, 0.29) is 12.3 Å². The molecule has 2 saturated heterocycles. The third kappa shape index (κ3) is 3.24. The Labute approximate surface area is 156 Å². The number of hydrogen-bond acceptors (Lipinski definition) is 5. The van der Waals surface area contributed by atoms with E-state index in [0.717, 1.165) is 53.9 Å². The van der Waals surface area contributed by atoms with Crippen LogP contribution < -0.4 is 9.47 Å². The Hall–Kier alpha value is -2.64. The van der Waals surface area contributed by atoms with Gasteiger partial charge >= 0.3 is 0 Å². The van der Waals surface area contributed by atoms with Crippen molar-refractivity contribution < 1.29 is 18.9 Å². The number of ether oxygens (including phenoxy) is 3. The summed E-state index contributed by atoms with van der Waals surface area (Å²) >= 11 is 0. The lowest BCUT2D eigenvalue weighted by molar-refractivity contribution is -0.577. The third-order valence-electron chi connectivity index (χ3n) is 5.08. The summed E-state index contributed by atoms with van der Waals surface area (Å²) in [4.78, 5) is 0. The summed E-state index contributed by atoms with van der Waals surface area (Å²) in [6.07, 6.45) is 6.55. The zero-order valence-electron chi connectivity index (χ0n) is 14.9. The maximum Gasteiger partial charge on any atom is 0.228 e. The highest BCUT2D eigenvalue weighted by atomic mass is 16.6. The summed E-state index contributed by atoms with van der Waals surface area (Å²) in [6, 6.07) is 9.48. The highest BCUT2D eigenvalue weighted by Gasteiger charge is 2.24. The molecular formula is C20H21N3O4. The summed E-state index contributed by atoms with van der Waals surface area (Å²) < 4.78 is 19.7. The van der Waals surface area contributed by atoms with Crippen LogP contribution in [0.3, 0.4) is 0 Å². The quantitative estimate of drug-likeness (QED) is 0.394. The number of pyridine rings is 1. The average Bonchev–Trinajstić information content (AvgIpc) is 3.41. The van der Waals surface area contributed by atoms with Gasteiger partial charge in [0.25, 0.3) is 0 Å². The molecule has 2 aliphatic rings. The minimum Gasteiger partial charge on any atom is -0.618 e. The van der Waals surface area contributed by atoms with Gasteiger partial charge in [-0.05, 0) is 31.4 Å². The van der Waals surface area contributed by atoms with Crippen LogP contribution in [-0.2, 0) is 9.47 Å². The molecule has 27 heavy (non-hydrogen) atoms. The van der Waals surface area contributed by atoms with Crippen molar-refractivity contribution in [3.8, 4) is 17.0 Å². The topological polar surface area (TPSA) is 75.8 Å². The van der Waals surface area contributed by atoms with Crippen LogP contribution in [0.2, 0.25) is 0 Å². The highest BCUT2D eigenvalue weighted by molar-refractivity contribution is 5.86. The summed E-state index contributed by atoms with van der Waals surface area (Å²) in [5.41, 5.74) is 2.45. The first kappa shape index (κ1) is 16.5. The Morgan fingerprint density at radius 2 is 2.15 bits per heavy atom. The zero-order valence-corrected chi connectivity index (χ0v) is 14.9. The van der Waals surface area contributed by atoms with Gasteiger partial charge in [-0.25, -0.2) is 4.68 Å². The maximum atomic E-state index is 12.4. The lowest BCUT2D eigenvalue weighted by Crippen LogP contribution is -2.26. The number of fused-ring (bicyclic) bond motifs is 1. The van der Waals surface area contributed by atoms with Gasteiger partial charge in [0.1, 0.15) is 18.5 Å². The molecule has 0 saturated carbocycles. The van der Waals surface area contributed by atoms with Gasteiger partial charge < -0.3 is 19.4 Å². The van der Waals surface area contributed by atoms with E-state index in [0.29, 0.717) is 17.9 Å². The maximum absolute atomic E-state index is 12.4. The Morgan fingerprint density at radius 3 is 2.96 bits per heavy atom. The Bertz CT molecular complexity index is 961. The van der Waals surface area contributed by atoms with Crippen LogP contribution >= 0.6 is 0 Å². The second kappa shape index (κ2) is 6.83. The minimum absolute atomic E-state index is 0.0490. The predicted octanol–water partition coefficient (Wildman–Crippen LogP) is 2.81. The second-order valence-corrected chi connectivity index (χ2v) is 6.99. The SMILES string of the molecule is [O-][n+]1ccc(OC[C@H]2CO2)c2ccc(-c3ccnn3C3CCCCO3)cc21. The van der Waals surface area contributed by atoms with Crippen LogP contribution in [-0.4, -0.2) is 35.7 Å². The molecule has 2 aliphatic heterocycles. The molecule has 0 radical (unpaired) electrons. The molecule has 5 rings (SSSR count). The second-order valence-electron chi connectivity index (χ2n) is 6.99. The molecule has 2 fully saturated rings. The van der Waals surface area contributed by atoms with Gasteiger partial charge in [0.05, 0.1) is 17.7 Å². The Balaban J connectivity index is 1.51. The molecule has 0 aliphatic carbocycles. The van der Waals surface area contributed by atoms with Crippen LogP contribution in [0.4, 0.5) is 0 Å². The van der Waals surface area contributed by atoms with E-state index in [4.69, 9.17) is 14.2 Å². The lowest BCUT2D eigenvalue weighted by Gasteiger charge is -2.24. The summed E-state index contributed by atoms with van der Waals surface area (Å²) in [5, 5.41) is 17.6. The molecule has 7 heteroatoms. The standard InChI is InChI=1S/C20H21N3O4/c24-22-9-7-19(27-13-15-12-26-15)16-5-4-14(11-18(16)22)17-6-8-21-23(17)20-3-1-2-10-25-20/h4-9,11,15,20H,1-3,10,12-13H2/t15-,20?/m1/s1. The van der Waals surface area contributed by atoms with Crippen molar-refractivity contribution in [1.29, 1.82) is 0 Å². The molecule has 2 aromatic heterocycles. The van der Waals surface area contributed by atoms with Gasteiger partial charge in [0.2, 0.25) is 5.52 Å². The first-order chi connectivity index (χ1) is 13.3. The monoisotopic (exact) mass is 367 g/mol. The van der Waals surface area contributed by atoms with Crippen molar-refractivity contribution in [2.45, 2.75) is 31.6 Å². The van der Waals surface area contributed by atoms with Crippen LogP contribution in [0.1, 0.15) is 25.5 Å². The number of hydrogen-bond donors (Lipinski definition) is 0. The molecule has 0 spiro atoms. The van der Waals surface area contributed by atoms with Crippen LogP contribution in [0.25, 0.3) is 22.2 Å². The molecular weight excluding hydrogens is 346 g/mol. The smallest absolute Gasteiger partial charge is 0.228 e. The number of nitrogens with zero attached hydrogens (tertiary/aromatic N) is 3. The highest BCUT2D eigenvalue weighted by Crippen LogP contribution is 2.31. The van der Waals surface area contributed by atoms with Gasteiger partial charge in [0, 0.05) is 30.5 Å². The van der Waals surface area contributed by atoms with Crippen molar-refractivity contribution in [3.05, 3.63) is 47.9 Å². The van der Waals surface area contributed by atoms with Crippen molar-refractivity contribution in [1.82, 2.24) is 9.78 Å². The van der Waals surface area contributed by atoms with Crippen molar-refractivity contribution in [2.24, 2.45) is 0 Å². The first-order valence-electron chi connectivity index (χ1n) is 9.35. The van der Waals surface area contributed by atoms with Gasteiger partial charge in [-0.15, -0.1) is 0 Å². The zero-order chi connectivity index (χ0) is 18.2. The number of benzene rings is 1. The summed E-state index contributed by atoms with van der Waals surface area (Å²) in [6.45, 7) is 2.00. The van der Waals surface area contributed by atoms with Gasteiger partial charge in [-0.3, -0.25) is 0 Å². The Kier molecular flexibility index (Phi) is 4.18. The van der Waals surface area contributed by atoms with E-state index in [1.807, 2.05) is 28.9 Å². The molecule has 0 bridgehead atoms. The van der Waals surface area contributed by atoms with E-state index < -0.39 is 0 Å². The molecule has 140 valence electrons. The van der Waals surface area contributed by atoms with E-state index in [1.54, 1.807) is 12.3 Å². The van der Waals surface area contributed by atoms with Gasteiger partial charge in [-0.2, -0.15) is 9.83 Å². The normalized spacial score (nSPS) is 22.1. The molecule has 1 unspecified atom stereocenters. The van der Waals surface area contributed by atoms with E-state index >= 15 is 0 Å². The van der Waals surface area contributed by atoms with E-state index in [2.05, 4.69) is 5.10 Å². The molecule has 1 aromatic carbocycles. The van der Waals surface area contributed by atoms with Crippen LogP contribution in [0.15, 0.2) is 42.7 Å². The largest absolute Gasteiger partial charge is 0.618 e. The van der Waals surface area contributed by atoms with Crippen molar-refractivity contribution in [3.63, 3.8) is 0 Å². The van der Waals surface area contributed by atoms with Crippen molar-refractivity contribution in [2.75, 3.05) is 19.8 Å². The van der Waals surface area contributed by atoms with E-state index in [1.165, 1.54) is 6.20 Å². The average molecular weight is 367 g/mol. The van der Waals surface area contributed by atoms with Crippen LogP contribution in [0.5, 0.6) is 5.75 Å². The third-order valence-corrected chi connectivity index (χ3v) is 5.08. The fraction of sp³-hybridized carbons (Fsp3) is 0.400.